The van der Waals surface area contributed by atoms with Gasteiger partial charge in [-0.25, -0.2) is 4.79 Å². The summed E-state index contributed by atoms with van der Waals surface area (Å²) in [6, 6.07) is 0.319. The number of carbonyl (C=O) groups is 1. The molecule has 1 rings (SSSR count). The van der Waals surface area contributed by atoms with Gasteiger partial charge in [-0.3, -0.25) is 0 Å². The maximum Gasteiger partial charge on any atom is 0.407 e. The number of carbonyl (C=O) groups excluding carboxylic acids is 1. The minimum atomic E-state index is -0.322. The maximum atomic E-state index is 11.1. The molecular weight excluding hydrogens is 168 g/mol. The molecule has 0 atom stereocenters. The van der Waals surface area contributed by atoms with E-state index in [9.17, 15) is 4.79 Å². The van der Waals surface area contributed by atoms with Crippen molar-refractivity contribution in [2.24, 2.45) is 5.73 Å². The zero-order valence-electron chi connectivity index (χ0n) is 7.92. The molecule has 1 amide bonds. The predicted molar refractivity (Wildman–Crippen MR) is 50.4 cm³/mol. The van der Waals surface area contributed by atoms with Gasteiger partial charge in [0.25, 0.3) is 0 Å². The molecule has 0 bridgehead atoms. The monoisotopic (exact) mass is 186 g/mol. The Morgan fingerprint density at radius 2 is 2.08 bits per heavy atom. The summed E-state index contributed by atoms with van der Waals surface area (Å²) in [5.41, 5.74) is 5.20. The number of nitrogens with one attached hydrogen (secondary N) is 1. The van der Waals surface area contributed by atoms with Crippen molar-refractivity contribution in [2.75, 3.05) is 13.2 Å². The number of amides is 1. The fourth-order valence-corrected chi connectivity index (χ4v) is 1.61. The van der Waals surface area contributed by atoms with Crippen LogP contribution in [0.2, 0.25) is 0 Å². The van der Waals surface area contributed by atoms with Gasteiger partial charge in [0.1, 0.15) is 6.61 Å². The van der Waals surface area contributed by atoms with Gasteiger partial charge in [-0.05, 0) is 12.8 Å². The summed E-state index contributed by atoms with van der Waals surface area (Å²) in [4.78, 5) is 11.1. The lowest BCUT2D eigenvalue weighted by molar-refractivity contribution is 0.142. The second-order valence-corrected chi connectivity index (χ2v) is 3.40. The van der Waals surface area contributed by atoms with Gasteiger partial charge in [-0.1, -0.05) is 19.3 Å². The molecule has 0 aromatic carbocycles. The van der Waals surface area contributed by atoms with E-state index < -0.39 is 0 Å². The fraction of sp³-hybridized carbons (Fsp3) is 0.889. The molecule has 13 heavy (non-hydrogen) atoms. The molecule has 1 aliphatic rings. The molecule has 0 unspecified atom stereocenters. The molecule has 0 radical (unpaired) electrons. The molecule has 0 aliphatic heterocycles. The first kappa shape index (κ1) is 10.3. The average Bonchev–Trinajstić information content (AvgIpc) is 2.16. The van der Waals surface area contributed by atoms with E-state index >= 15 is 0 Å². The highest BCUT2D eigenvalue weighted by molar-refractivity contribution is 5.67. The van der Waals surface area contributed by atoms with Crippen molar-refractivity contribution in [1.82, 2.24) is 5.32 Å². The highest BCUT2D eigenvalue weighted by Crippen LogP contribution is 2.17. The van der Waals surface area contributed by atoms with E-state index in [1.807, 2.05) is 0 Å². The first-order valence-corrected chi connectivity index (χ1v) is 4.96. The third-order valence-corrected chi connectivity index (χ3v) is 2.28. The van der Waals surface area contributed by atoms with Crippen molar-refractivity contribution in [1.29, 1.82) is 0 Å². The normalized spacial score (nSPS) is 18.2. The molecule has 4 heteroatoms. The zero-order valence-corrected chi connectivity index (χ0v) is 7.92. The van der Waals surface area contributed by atoms with E-state index in [4.69, 9.17) is 10.5 Å². The number of alkyl carbamates (subject to hydrolysis) is 1. The lowest BCUT2D eigenvalue weighted by Gasteiger charge is -2.22. The van der Waals surface area contributed by atoms with Crippen LogP contribution in [-0.2, 0) is 4.74 Å². The third-order valence-electron chi connectivity index (χ3n) is 2.28. The van der Waals surface area contributed by atoms with Crippen molar-refractivity contribution in [3.8, 4) is 0 Å². The standard InChI is InChI=1S/C9H18N2O2/c10-6-7-13-9(12)11-8-4-2-1-3-5-8/h8H,1-7,10H2,(H,11,12). The number of ether oxygens (including phenoxy) is 1. The van der Waals surface area contributed by atoms with Crippen LogP contribution in [0.15, 0.2) is 0 Å². The van der Waals surface area contributed by atoms with Gasteiger partial charge in [0, 0.05) is 12.6 Å². The Morgan fingerprint density at radius 3 is 2.69 bits per heavy atom. The molecule has 0 aromatic rings. The molecule has 1 fully saturated rings. The summed E-state index contributed by atoms with van der Waals surface area (Å²) in [7, 11) is 0. The smallest absolute Gasteiger partial charge is 0.407 e. The highest BCUT2D eigenvalue weighted by Gasteiger charge is 2.15. The Bertz CT molecular complexity index is 156. The van der Waals surface area contributed by atoms with Gasteiger partial charge in [0.15, 0.2) is 0 Å². The number of hydrogen-bond donors (Lipinski definition) is 2. The van der Waals surface area contributed by atoms with Crippen LogP contribution in [0, 0.1) is 0 Å². The zero-order chi connectivity index (χ0) is 9.52. The van der Waals surface area contributed by atoms with Crippen LogP contribution in [-0.4, -0.2) is 25.3 Å². The molecule has 1 aliphatic carbocycles. The highest BCUT2D eigenvalue weighted by atomic mass is 16.5. The van der Waals surface area contributed by atoms with Crippen LogP contribution >= 0.6 is 0 Å². The van der Waals surface area contributed by atoms with Crippen molar-refractivity contribution in [2.45, 2.75) is 38.1 Å². The van der Waals surface area contributed by atoms with Gasteiger partial charge in [-0.2, -0.15) is 0 Å². The van der Waals surface area contributed by atoms with E-state index in [1.165, 1.54) is 19.3 Å². The van der Waals surface area contributed by atoms with Crippen LogP contribution in [0.3, 0.4) is 0 Å². The minimum Gasteiger partial charge on any atom is -0.448 e. The topological polar surface area (TPSA) is 64.3 Å². The number of hydrogen-bond acceptors (Lipinski definition) is 3. The van der Waals surface area contributed by atoms with Gasteiger partial charge in [-0.15, -0.1) is 0 Å². The quantitative estimate of drug-likeness (QED) is 0.691. The molecule has 0 heterocycles. The summed E-state index contributed by atoms with van der Waals surface area (Å²) in [5.74, 6) is 0. The average molecular weight is 186 g/mol. The lowest BCUT2D eigenvalue weighted by atomic mass is 9.96. The van der Waals surface area contributed by atoms with Crippen molar-refractivity contribution >= 4 is 6.09 Å². The van der Waals surface area contributed by atoms with E-state index in [-0.39, 0.29) is 6.09 Å². The molecule has 76 valence electrons. The van der Waals surface area contributed by atoms with Gasteiger partial charge in [0.2, 0.25) is 0 Å². The molecule has 0 saturated heterocycles. The van der Waals surface area contributed by atoms with Crippen LogP contribution in [0.4, 0.5) is 4.79 Å². The fourth-order valence-electron chi connectivity index (χ4n) is 1.61. The SMILES string of the molecule is NCCOC(=O)NC1CCCCC1. The lowest BCUT2D eigenvalue weighted by Crippen LogP contribution is -2.37. The van der Waals surface area contributed by atoms with Crippen LogP contribution < -0.4 is 11.1 Å². The Morgan fingerprint density at radius 1 is 1.38 bits per heavy atom. The Labute approximate surface area is 78.8 Å². The van der Waals surface area contributed by atoms with E-state index in [0.29, 0.717) is 19.2 Å². The Kier molecular flexibility index (Phi) is 4.60. The molecule has 1 saturated carbocycles. The summed E-state index contributed by atoms with van der Waals surface area (Å²) in [6.45, 7) is 0.691. The summed E-state index contributed by atoms with van der Waals surface area (Å²) in [5, 5.41) is 2.84. The molecular formula is C9H18N2O2. The second-order valence-electron chi connectivity index (χ2n) is 3.40. The number of nitrogens with two attached hydrogens (primary N) is 1. The molecule has 4 nitrogen and oxygen atoms in total. The summed E-state index contributed by atoms with van der Waals surface area (Å²) < 4.78 is 4.82. The first-order valence-electron chi connectivity index (χ1n) is 4.96. The third kappa shape index (κ3) is 4.12. The first-order chi connectivity index (χ1) is 6.33. The minimum absolute atomic E-state index is 0.304. The van der Waals surface area contributed by atoms with E-state index in [0.717, 1.165) is 12.8 Å². The maximum absolute atomic E-state index is 11.1. The van der Waals surface area contributed by atoms with Crippen molar-refractivity contribution in [3.05, 3.63) is 0 Å². The second kappa shape index (κ2) is 5.80. The van der Waals surface area contributed by atoms with Crippen molar-refractivity contribution < 1.29 is 9.53 Å². The van der Waals surface area contributed by atoms with Gasteiger partial charge >= 0.3 is 6.09 Å². The molecule has 0 spiro atoms. The van der Waals surface area contributed by atoms with Crippen molar-refractivity contribution in [3.63, 3.8) is 0 Å². The number of rotatable bonds is 3. The Hall–Kier alpha value is -0.770. The Balaban J connectivity index is 2.11. The molecule has 3 N–H and O–H groups in total. The van der Waals surface area contributed by atoms with Crippen LogP contribution in [0.1, 0.15) is 32.1 Å². The van der Waals surface area contributed by atoms with Gasteiger partial charge in [0.05, 0.1) is 0 Å². The molecule has 0 aromatic heterocycles. The summed E-state index contributed by atoms with van der Waals surface area (Å²) in [6.07, 6.45) is 5.55. The van der Waals surface area contributed by atoms with E-state index in [2.05, 4.69) is 5.32 Å². The predicted octanol–water partition coefficient (Wildman–Crippen LogP) is 1.00. The van der Waals surface area contributed by atoms with Gasteiger partial charge < -0.3 is 15.8 Å². The van der Waals surface area contributed by atoms with E-state index in [1.54, 1.807) is 0 Å². The largest absolute Gasteiger partial charge is 0.448 e. The summed E-state index contributed by atoms with van der Waals surface area (Å²) >= 11 is 0. The van der Waals surface area contributed by atoms with Crippen LogP contribution in [0.25, 0.3) is 0 Å². The van der Waals surface area contributed by atoms with Crippen LogP contribution in [0.5, 0.6) is 0 Å².